The van der Waals surface area contributed by atoms with Crippen molar-refractivity contribution < 1.29 is 14.3 Å². The number of anilines is 1. The van der Waals surface area contributed by atoms with Crippen LogP contribution in [0.3, 0.4) is 0 Å². The predicted molar refractivity (Wildman–Crippen MR) is 104 cm³/mol. The van der Waals surface area contributed by atoms with Crippen LogP contribution in [0.5, 0.6) is 0 Å². The Labute approximate surface area is 157 Å². The third-order valence-corrected chi connectivity index (χ3v) is 4.47. The van der Waals surface area contributed by atoms with E-state index in [0.717, 1.165) is 24.0 Å². The van der Waals surface area contributed by atoms with Crippen LogP contribution < -0.4 is 5.32 Å². The molecule has 0 aliphatic carbocycles. The number of aromatic nitrogens is 3. The average Bonchev–Trinajstić information content (AvgIpc) is 3.13. The molecule has 142 valence electrons. The molecule has 1 aromatic carbocycles. The summed E-state index contributed by atoms with van der Waals surface area (Å²) in [5.41, 5.74) is 3.73. The molecule has 2 N–H and O–H groups in total. The number of aryl methyl sites for hydroxylation is 2. The highest BCUT2D eigenvalue weighted by Crippen LogP contribution is 2.23. The van der Waals surface area contributed by atoms with Crippen LogP contribution in [0.25, 0.3) is 11.0 Å². The number of hydrogen-bond acceptors (Lipinski definition) is 4. The molecule has 0 spiro atoms. The standard InChI is InChI=1S/C20H24N4O3/c1-5-11-24-15-10-8-7-9-14(15)22-20(24)23-18(25)17-12(3)16(13(4)21-17)19(26)27-6-2/h7-10,21H,5-6,11H2,1-4H3,(H,22,23,25). The number of H-pyrrole nitrogens is 1. The molecule has 3 aromatic rings. The number of esters is 1. The zero-order valence-electron chi connectivity index (χ0n) is 16.0. The summed E-state index contributed by atoms with van der Waals surface area (Å²) >= 11 is 0. The minimum atomic E-state index is -0.430. The van der Waals surface area contributed by atoms with Crippen LogP contribution >= 0.6 is 0 Å². The third kappa shape index (κ3) is 3.45. The Morgan fingerprint density at radius 3 is 2.67 bits per heavy atom. The van der Waals surface area contributed by atoms with Gasteiger partial charge in [-0.25, -0.2) is 9.78 Å². The number of fused-ring (bicyclic) bond motifs is 1. The molecule has 0 saturated heterocycles. The van der Waals surface area contributed by atoms with Crippen LogP contribution in [0.4, 0.5) is 5.95 Å². The lowest BCUT2D eigenvalue weighted by Gasteiger charge is -2.09. The molecule has 7 heteroatoms. The van der Waals surface area contributed by atoms with Crippen molar-refractivity contribution in [1.82, 2.24) is 14.5 Å². The van der Waals surface area contributed by atoms with Gasteiger partial charge in [-0.3, -0.25) is 10.1 Å². The first kappa shape index (κ1) is 18.7. The van der Waals surface area contributed by atoms with Gasteiger partial charge in [-0.1, -0.05) is 19.1 Å². The Kier molecular flexibility index (Phi) is 5.30. The minimum Gasteiger partial charge on any atom is -0.462 e. The molecule has 0 fully saturated rings. The van der Waals surface area contributed by atoms with Crippen LogP contribution in [0.15, 0.2) is 24.3 Å². The van der Waals surface area contributed by atoms with E-state index >= 15 is 0 Å². The van der Waals surface area contributed by atoms with Gasteiger partial charge in [0.25, 0.3) is 5.91 Å². The Hall–Kier alpha value is -3.09. The Bertz CT molecular complexity index is 1000. The van der Waals surface area contributed by atoms with Crippen LogP contribution in [-0.4, -0.2) is 33.0 Å². The van der Waals surface area contributed by atoms with Gasteiger partial charge in [-0.15, -0.1) is 0 Å². The molecular formula is C20H24N4O3. The highest BCUT2D eigenvalue weighted by molar-refractivity contribution is 6.06. The van der Waals surface area contributed by atoms with E-state index in [9.17, 15) is 9.59 Å². The second-order valence-electron chi connectivity index (χ2n) is 6.38. The fourth-order valence-electron chi connectivity index (χ4n) is 3.27. The third-order valence-electron chi connectivity index (χ3n) is 4.47. The highest BCUT2D eigenvalue weighted by Gasteiger charge is 2.24. The molecule has 0 atom stereocenters. The van der Waals surface area contributed by atoms with Gasteiger partial charge in [0.05, 0.1) is 23.2 Å². The maximum Gasteiger partial charge on any atom is 0.340 e. The van der Waals surface area contributed by atoms with E-state index in [2.05, 4.69) is 22.2 Å². The molecule has 0 unspecified atom stereocenters. The van der Waals surface area contributed by atoms with Crippen molar-refractivity contribution in [3.05, 3.63) is 46.8 Å². The molecule has 1 amide bonds. The number of amides is 1. The second kappa shape index (κ2) is 7.65. The van der Waals surface area contributed by atoms with Crippen molar-refractivity contribution in [2.75, 3.05) is 11.9 Å². The van der Waals surface area contributed by atoms with Crippen molar-refractivity contribution in [2.24, 2.45) is 0 Å². The first-order chi connectivity index (χ1) is 13.0. The number of hydrogen-bond donors (Lipinski definition) is 2. The van der Waals surface area contributed by atoms with Crippen LogP contribution in [0.1, 0.15) is 52.4 Å². The van der Waals surface area contributed by atoms with Gasteiger partial charge in [0.1, 0.15) is 5.69 Å². The lowest BCUT2D eigenvalue weighted by Crippen LogP contribution is -2.17. The summed E-state index contributed by atoms with van der Waals surface area (Å²) < 4.78 is 7.08. The summed E-state index contributed by atoms with van der Waals surface area (Å²) in [6, 6.07) is 7.77. The fraction of sp³-hybridized carbons (Fsp3) is 0.350. The molecule has 0 saturated carbocycles. The number of ether oxygens (including phenoxy) is 1. The summed E-state index contributed by atoms with van der Waals surface area (Å²) in [5.74, 6) is -0.271. The van der Waals surface area contributed by atoms with Gasteiger partial charge in [-0.2, -0.15) is 0 Å². The van der Waals surface area contributed by atoms with Crippen molar-refractivity contribution in [2.45, 2.75) is 40.7 Å². The molecule has 27 heavy (non-hydrogen) atoms. The van der Waals surface area contributed by atoms with Gasteiger partial charge in [0.2, 0.25) is 5.95 Å². The molecule has 7 nitrogen and oxygen atoms in total. The first-order valence-corrected chi connectivity index (χ1v) is 9.10. The second-order valence-corrected chi connectivity index (χ2v) is 6.38. The molecular weight excluding hydrogens is 344 g/mol. The summed E-state index contributed by atoms with van der Waals surface area (Å²) in [5, 5.41) is 2.88. The number of benzene rings is 1. The van der Waals surface area contributed by atoms with Gasteiger partial charge in [0, 0.05) is 12.2 Å². The lowest BCUT2D eigenvalue weighted by atomic mass is 10.1. The zero-order valence-corrected chi connectivity index (χ0v) is 16.0. The molecule has 3 rings (SSSR count). The Balaban J connectivity index is 1.95. The topological polar surface area (TPSA) is 89.0 Å². The van der Waals surface area contributed by atoms with Gasteiger partial charge in [-0.05, 0) is 44.9 Å². The number of para-hydroxylation sites is 2. The average molecular weight is 368 g/mol. The largest absolute Gasteiger partial charge is 0.462 e. The predicted octanol–water partition coefficient (Wildman–Crippen LogP) is 3.82. The molecule has 2 heterocycles. The number of rotatable bonds is 6. The number of aromatic amines is 1. The Morgan fingerprint density at radius 1 is 1.22 bits per heavy atom. The van der Waals surface area contributed by atoms with E-state index in [-0.39, 0.29) is 12.5 Å². The lowest BCUT2D eigenvalue weighted by molar-refractivity contribution is 0.0525. The first-order valence-electron chi connectivity index (χ1n) is 9.10. The van der Waals surface area contributed by atoms with Crippen molar-refractivity contribution >= 4 is 28.9 Å². The summed E-state index contributed by atoms with van der Waals surface area (Å²) in [4.78, 5) is 32.6. The van der Waals surface area contributed by atoms with E-state index in [4.69, 9.17) is 4.74 Å². The molecule has 2 aromatic heterocycles. The fourth-order valence-corrected chi connectivity index (χ4v) is 3.27. The van der Waals surface area contributed by atoms with Crippen molar-refractivity contribution in [3.63, 3.8) is 0 Å². The number of carbonyl (C=O) groups excluding carboxylic acids is 2. The number of carbonyl (C=O) groups is 2. The molecule has 0 aliphatic rings. The molecule has 0 radical (unpaired) electrons. The molecule has 0 aliphatic heterocycles. The number of imidazole rings is 1. The van der Waals surface area contributed by atoms with Crippen molar-refractivity contribution in [1.29, 1.82) is 0 Å². The van der Waals surface area contributed by atoms with E-state index in [1.165, 1.54) is 0 Å². The van der Waals surface area contributed by atoms with E-state index in [0.29, 0.717) is 28.5 Å². The number of nitrogens with one attached hydrogen (secondary N) is 2. The van der Waals surface area contributed by atoms with Crippen LogP contribution in [-0.2, 0) is 11.3 Å². The van der Waals surface area contributed by atoms with E-state index in [1.807, 2.05) is 28.8 Å². The maximum atomic E-state index is 12.9. The monoisotopic (exact) mass is 368 g/mol. The highest BCUT2D eigenvalue weighted by atomic mass is 16.5. The zero-order chi connectivity index (χ0) is 19.6. The summed E-state index contributed by atoms with van der Waals surface area (Å²) in [7, 11) is 0. The smallest absolute Gasteiger partial charge is 0.340 e. The number of nitrogens with zero attached hydrogens (tertiary/aromatic N) is 2. The SMILES string of the molecule is CCCn1c(NC(=O)c2[nH]c(C)c(C(=O)OCC)c2C)nc2ccccc21. The maximum absolute atomic E-state index is 12.9. The van der Waals surface area contributed by atoms with E-state index in [1.54, 1.807) is 20.8 Å². The Morgan fingerprint density at radius 2 is 1.96 bits per heavy atom. The van der Waals surface area contributed by atoms with E-state index < -0.39 is 5.97 Å². The van der Waals surface area contributed by atoms with Gasteiger partial charge >= 0.3 is 5.97 Å². The summed E-state index contributed by atoms with van der Waals surface area (Å²) in [6.07, 6.45) is 0.914. The molecule has 0 bridgehead atoms. The van der Waals surface area contributed by atoms with Gasteiger partial charge < -0.3 is 14.3 Å². The van der Waals surface area contributed by atoms with Crippen LogP contribution in [0, 0.1) is 13.8 Å². The van der Waals surface area contributed by atoms with Crippen LogP contribution in [0.2, 0.25) is 0 Å². The van der Waals surface area contributed by atoms with Crippen molar-refractivity contribution in [3.8, 4) is 0 Å². The minimum absolute atomic E-state index is 0.283. The summed E-state index contributed by atoms with van der Waals surface area (Å²) in [6.45, 7) is 8.34. The van der Waals surface area contributed by atoms with Gasteiger partial charge in [0.15, 0.2) is 0 Å². The quantitative estimate of drug-likeness (QED) is 0.647. The normalized spacial score (nSPS) is 11.0.